The number of rotatable bonds is 13. The third-order valence-electron chi connectivity index (χ3n) is 4.79. The van der Waals surface area contributed by atoms with Gasteiger partial charge in [-0.2, -0.15) is 8.42 Å². The lowest BCUT2D eigenvalue weighted by molar-refractivity contribution is -0.296. The molecule has 0 spiro atoms. The van der Waals surface area contributed by atoms with Crippen LogP contribution in [0.2, 0.25) is 0 Å². The van der Waals surface area contributed by atoms with Gasteiger partial charge < -0.3 is 16.4 Å². The van der Waals surface area contributed by atoms with Crippen molar-refractivity contribution in [3.8, 4) is 0 Å². The fourth-order valence-corrected chi connectivity index (χ4v) is 4.10. The number of hydrogen-bond donors (Lipinski definition) is 3. The Balaban J connectivity index is 1.98. The van der Waals surface area contributed by atoms with Gasteiger partial charge in [-0.15, -0.1) is 0 Å². The smallest absolute Gasteiger partial charge is 0.305 e. The second-order valence-electron chi connectivity index (χ2n) is 8.38. The van der Waals surface area contributed by atoms with Crippen molar-refractivity contribution in [2.45, 2.75) is 32.7 Å². The van der Waals surface area contributed by atoms with E-state index in [0.717, 1.165) is 11.1 Å². The van der Waals surface area contributed by atoms with Crippen molar-refractivity contribution in [3.05, 3.63) is 77.5 Å². The molecule has 0 aliphatic carbocycles. The van der Waals surface area contributed by atoms with Crippen molar-refractivity contribution in [1.82, 2.24) is 10.6 Å². The van der Waals surface area contributed by atoms with Crippen LogP contribution in [0.15, 0.2) is 66.4 Å². The summed E-state index contributed by atoms with van der Waals surface area (Å²) in [5, 5.41) is 5.47. The van der Waals surface area contributed by atoms with Crippen LogP contribution < -0.4 is 16.4 Å². The minimum atomic E-state index is -3.64. The summed E-state index contributed by atoms with van der Waals surface area (Å²) < 4.78 is 28.8. The molecule has 0 saturated heterocycles. The fraction of sp³-hybridized carbons (Fsp3) is 0.360. The highest BCUT2D eigenvalue weighted by Crippen LogP contribution is 2.07. The van der Waals surface area contributed by atoms with Gasteiger partial charge in [0.25, 0.3) is 10.1 Å². The van der Waals surface area contributed by atoms with Gasteiger partial charge in [0.15, 0.2) is 5.70 Å². The first kappa shape index (κ1) is 27.2. The maximum atomic E-state index is 12.9. The van der Waals surface area contributed by atoms with Crippen molar-refractivity contribution < 1.29 is 27.9 Å². The zero-order chi connectivity index (χ0) is 25.0. The van der Waals surface area contributed by atoms with Gasteiger partial charge in [0.1, 0.15) is 6.04 Å². The first-order chi connectivity index (χ1) is 16.2. The molecular formula is C25H34N3O5S+. The lowest BCUT2D eigenvalue weighted by atomic mass is 10.0. The lowest BCUT2D eigenvalue weighted by Gasteiger charge is -2.18. The first-order valence-electron chi connectivity index (χ1n) is 11.2. The van der Waals surface area contributed by atoms with Crippen LogP contribution in [0.5, 0.6) is 0 Å². The number of carbonyl (C=O) groups excluding carboxylic acids is 2. The van der Waals surface area contributed by atoms with Gasteiger partial charge in [-0.3, -0.25) is 13.8 Å². The Hall–Kier alpha value is -3.01. The second kappa shape index (κ2) is 13.6. The van der Waals surface area contributed by atoms with E-state index in [9.17, 15) is 18.0 Å². The average Bonchev–Trinajstić information content (AvgIpc) is 2.81. The molecule has 0 fully saturated rings. The molecule has 0 saturated carbocycles. The van der Waals surface area contributed by atoms with Gasteiger partial charge in [0.2, 0.25) is 5.91 Å². The van der Waals surface area contributed by atoms with E-state index in [2.05, 4.69) is 16.4 Å². The maximum absolute atomic E-state index is 12.9. The summed E-state index contributed by atoms with van der Waals surface area (Å²) in [6.45, 7) is 4.00. The van der Waals surface area contributed by atoms with Crippen molar-refractivity contribution in [3.63, 3.8) is 0 Å². The van der Waals surface area contributed by atoms with Crippen LogP contribution in [0.1, 0.15) is 31.4 Å². The number of quaternary nitrogens is 1. The number of hydrogen-bond acceptors (Lipinski definition) is 5. The van der Waals surface area contributed by atoms with Gasteiger partial charge in [0, 0.05) is 19.0 Å². The second-order valence-corrected chi connectivity index (χ2v) is 10.1. The molecule has 0 aromatic heterocycles. The molecule has 2 aromatic carbocycles. The Morgan fingerprint density at radius 3 is 2.26 bits per heavy atom. The number of amides is 2. The predicted molar refractivity (Wildman–Crippen MR) is 132 cm³/mol. The summed E-state index contributed by atoms with van der Waals surface area (Å²) >= 11 is 0. The summed E-state index contributed by atoms with van der Waals surface area (Å²) in [5.41, 5.74) is 5.76. The molecule has 0 heterocycles. The number of nitrogens with one attached hydrogen (secondary N) is 2. The summed E-state index contributed by atoms with van der Waals surface area (Å²) in [7, 11) is -3.64. The number of benzene rings is 2. The SMILES string of the molecule is CC(C)COS(=O)(=O)CCCNC(=O)[C@H](Cc1ccccc1)NC(=O)/C([NH3+])=C/c1ccccc1. The van der Waals surface area contributed by atoms with E-state index in [1.165, 1.54) is 0 Å². The van der Waals surface area contributed by atoms with E-state index < -0.39 is 28.0 Å². The van der Waals surface area contributed by atoms with E-state index in [4.69, 9.17) is 4.18 Å². The maximum Gasteiger partial charge on any atom is 0.305 e. The highest BCUT2D eigenvalue weighted by Gasteiger charge is 2.23. The molecular weight excluding hydrogens is 454 g/mol. The van der Waals surface area contributed by atoms with Crippen LogP contribution in [0, 0.1) is 5.92 Å². The molecule has 2 amide bonds. The third kappa shape index (κ3) is 10.3. The van der Waals surface area contributed by atoms with Gasteiger partial charge in [-0.1, -0.05) is 74.5 Å². The normalized spacial score (nSPS) is 12.9. The molecule has 0 bridgehead atoms. The minimum Gasteiger partial charge on any atom is -0.354 e. The summed E-state index contributed by atoms with van der Waals surface area (Å²) in [6.07, 6.45) is 2.13. The third-order valence-corrected chi connectivity index (χ3v) is 6.07. The van der Waals surface area contributed by atoms with E-state index in [1.807, 2.05) is 74.5 Å². The molecule has 0 radical (unpaired) electrons. The van der Waals surface area contributed by atoms with Crippen LogP contribution in [-0.2, 0) is 30.3 Å². The largest absolute Gasteiger partial charge is 0.354 e. The predicted octanol–water partition coefficient (Wildman–Crippen LogP) is 1.51. The van der Waals surface area contributed by atoms with Crippen molar-refractivity contribution in [2.75, 3.05) is 18.9 Å². The Kier molecular flexibility index (Phi) is 10.9. The minimum absolute atomic E-state index is 0.103. The Labute approximate surface area is 201 Å². The molecule has 9 heteroatoms. The Bertz CT molecular complexity index is 1050. The zero-order valence-electron chi connectivity index (χ0n) is 19.7. The van der Waals surface area contributed by atoms with Crippen LogP contribution in [0.4, 0.5) is 0 Å². The van der Waals surface area contributed by atoms with E-state index in [-0.39, 0.29) is 43.4 Å². The van der Waals surface area contributed by atoms with E-state index in [1.54, 1.807) is 6.08 Å². The molecule has 5 N–H and O–H groups in total. The molecule has 2 rings (SSSR count). The van der Waals surface area contributed by atoms with Crippen molar-refractivity contribution in [1.29, 1.82) is 0 Å². The monoisotopic (exact) mass is 488 g/mol. The standard InChI is InChI=1S/C25H33N3O5S/c1-19(2)18-33-34(31,32)15-9-14-27-25(30)23(17-21-12-7-4-8-13-21)28-24(29)22(26)16-20-10-5-3-6-11-20/h3-8,10-13,16,19,23H,9,14-15,17-18,26H2,1-2H3,(H,27,30)(H,28,29)/p+1/b22-16-/t23-/m0/s1. The average molecular weight is 489 g/mol. The van der Waals surface area contributed by atoms with Crippen LogP contribution in [0.25, 0.3) is 6.08 Å². The zero-order valence-corrected chi connectivity index (χ0v) is 20.5. The Morgan fingerprint density at radius 2 is 1.65 bits per heavy atom. The summed E-state index contributed by atoms with van der Waals surface area (Å²) in [6, 6.07) is 17.8. The molecule has 1 atom stereocenters. The van der Waals surface area contributed by atoms with E-state index >= 15 is 0 Å². The molecule has 184 valence electrons. The lowest BCUT2D eigenvalue weighted by Crippen LogP contribution is -2.58. The van der Waals surface area contributed by atoms with E-state index in [0.29, 0.717) is 0 Å². The van der Waals surface area contributed by atoms with Crippen LogP contribution in [-0.4, -0.2) is 45.2 Å². The highest BCUT2D eigenvalue weighted by atomic mass is 32.2. The molecule has 0 aliphatic rings. The topological polar surface area (TPSA) is 129 Å². The molecule has 2 aromatic rings. The van der Waals surface area contributed by atoms with Gasteiger partial charge in [-0.05, 0) is 23.5 Å². The Morgan fingerprint density at radius 1 is 1.03 bits per heavy atom. The quantitative estimate of drug-likeness (QED) is 0.224. The summed E-state index contributed by atoms with van der Waals surface area (Å²) in [5.74, 6) is -0.945. The van der Waals surface area contributed by atoms with Crippen molar-refractivity contribution >= 4 is 28.0 Å². The molecule has 34 heavy (non-hydrogen) atoms. The molecule has 8 nitrogen and oxygen atoms in total. The first-order valence-corrected chi connectivity index (χ1v) is 12.8. The molecule has 0 aliphatic heterocycles. The van der Waals surface area contributed by atoms with Crippen molar-refractivity contribution in [2.24, 2.45) is 5.92 Å². The van der Waals surface area contributed by atoms with Crippen LogP contribution in [0.3, 0.4) is 0 Å². The van der Waals surface area contributed by atoms with Crippen LogP contribution >= 0.6 is 0 Å². The van der Waals surface area contributed by atoms with Gasteiger partial charge in [-0.25, -0.2) is 0 Å². The number of carbonyl (C=O) groups is 2. The summed E-state index contributed by atoms with van der Waals surface area (Å²) in [4.78, 5) is 25.6. The van der Waals surface area contributed by atoms with Gasteiger partial charge >= 0.3 is 5.91 Å². The fourth-order valence-electron chi connectivity index (χ4n) is 3.01. The van der Waals surface area contributed by atoms with Gasteiger partial charge in [0.05, 0.1) is 12.4 Å². The molecule has 0 unspecified atom stereocenters. The highest BCUT2D eigenvalue weighted by molar-refractivity contribution is 7.86.